The zero-order valence-corrected chi connectivity index (χ0v) is 10.1. The van der Waals surface area contributed by atoms with Crippen LogP contribution in [0.4, 0.5) is 18.9 Å². The molecule has 20 heavy (non-hydrogen) atoms. The Morgan fingerprint density at radius 2 is 1.85 bits per heavy atom. The third kappa shape index (κ3) is 3.20. The van der Waals surface area contributed by atoms with Gasteiger partial charge < -0.3 is 10.5 Å². The normalized spacial score (nSPS) is 10.9. The molecule has 0 spiro atoms. The Labute approximate surface area is 113 Å². The van der Waals surface area contributed by atoms with Gasteiger partial charge in [-0.1, -0.05) is 12.1 Å². The Morgan fingerprint density at radius 1 is 1.10 bits per heavy atom. The Morgan fingerprint density at radius 3 is 2.50 bits per heavy atom. The van der Waals surface area contributed by atoms with Crippen molar-refractivity contribution in [1.29, 1.82) is 5.26 Å². The molecule has 0 aliphatic heterocycles. The summed E-state index contributed by atoms with van der Waals surface area (Å²) in [5.41, 5.74) is 7.26. The predicted octanol–water partition coefficient (Wildman–Crippen LogP) is 3.71. The van der Waals surface area contributed by atoms with Gasteiger partial charge in [0, 0.05) is 11.3 Å². The topological polar surface area (TPSA) is 59.0 Å². The van der Waals surface area contributed by atoms with Crippen LogP contribution in [0.15, 0.2) is 42.5 Å². The fraction of sp³-hybridized carbons (Fsp3) is 0.0714. The number of hydrogen-bond acceptors (Lipinski definition) is 3. The molecule has 2 aromatic rings. The molecule has 0 amide bonds. The fourth-order valence-electron chi connectivity index (χ4n) is 1.76. The van der Waals surface area contributed by atoms with Crippen molar-refractivity contribution in [2.75, 3.05) is 5.73 Å². The van der Waals surface area contributed by atoms with Gasteiger partial charge in [-0.25, -0.2) is 0 Å². The van der Waals surface area contributed by atoms with Gasteiger partial charge in [0.25, 0.3) is 0 Å². The van der Waals surface area contributed by atoms with Crippen LogP contribution in [0.1, 0.15) is 5.56 Å². The number of nitrogens with zero attached hydrogens (tertiary/aromatic N) is 1. The molecule has 0 saturated heterocycles. The lowest BCUT2D eigenvalue weighted by molar-refractivity contribution is -0.274. The summed E-state index contributed by atoms with van der Waals surface area (Å²) in [7, 11) is 0. The molecule has 6 heteroatoms. The van der Waals surface area contributed by atoms with E-state index in [0.717, 1.165) is 0 Å². The van der Waals surface area contributed by atoms with Gasteiger partial charge in [-0.05, 0) is 35.9 Å². The maximum Gasteiger partial charge on any atom is 0.573 e. The average Bonchev–Trinajstić information content (AvgIpc) is 2.37. The lowest BCUT2D eigenvalue weighted by Crippen LogP contribution is -2.17. The van der Waals surface area contributed by atoms with Crippen LogP contribution in [0, 0.1) is 11.3 Å². The van der Waals surface area contributed by atoms with Gasteiger partial charge in [0.1, 0.15) is 5.75 Å². The molecule has 0 aliphatic carbocycles. The molecule has 2 rings (SSSR count). The van der Waals surface area contributed by atoms with Crippen molar-refractivity contribution in [2.45, 2.75) is 6.36 Å². The number of hydrogen-bond donors (Lipinski definition) is 1. The molecule has 0 aliphatic rings. The molecule has 0 unspecified atom stereocenters. The van der Waals surface area contributed by atoms with Gasteiger partial charge >= 0.3 is 6.36 Å². The Balaban J connectivity index is 2.46. The van der Waals surface area contributed by atoms with Crippen LogP contribution in [0.3, 0.4) is 0 Å². The van der Waals surface area contributed by atoms with E-state index in [9.17, 15) is 13.2 Å². The summed E-state index contributed by atoms with van der Waals surface area (Å²) < 4.78 is 40.4. The molecule has 2 N–H and O–H groups in total. The second kappa shape index (κ2) is 5.13. The van der Waals surface area contributed by atoms with E-state index >= 15 is 0 Å². The monoisotopic (exact) mass is 278 g/mol. The molecule has 0 radical (unpaired) electrons. The third-order valence-corrected chi connectivity index (χ3v) is 2.54. The van der Waals surface area contributed by atoms with Gasteiger partial charge in [-0.3, -0.25) is 0 Å². The van der Waals surface area contributed by atoms with Crippen LogP contribution in [0.25, 0.3) is 11.1 Å². The van der Waals surface area contributed by atoms with Crippen molar-refractivity contribution in [2.24, 2.45) is 0 Å². The molecule has 0 saturated carbocycles. The Hall–Kier alpha value is -2.68. The summed E-state index contributed by atoms with van der Waals surface area (Å²) in [4.78, 5) is 0. The summed E-state index contributed by atoms with van der Waals surface area (Å²) >= 11 is 0. The first-order valence-electron chi connectivity index (χ1n) is 5.55. The van der Waals surface area contributed by atoms with Gasteiger partial charge in [-0.15, -0.1) is 13.2 Å². The van der Waals surface area contributed by atoms with E-state index in [-0.39, 0.29) is 5.75 Å². The molecule has 0 heterocycles. The van der Waals surface area contributed by atoms with Crippen LogP contribution in [0.5, 0.6) is 5.75 Å². The van der Waals surface area contributed by atoms with Crippen molar-refractivity contribution in [3.8, 4) is 22.9 Å². The maximum absolute atomic E-state index is 12.2. The predicted molar refractivity (Wildman–Crippen MR) is 67.7 cm³/mol. The minimum atomic E-state index is -4.76. The molecule has 2 aromatic carbocycles. The van der Waals surface area contributed by atoms with E-state index in [1.54, 1.807) is 12.1 Å². The lowest BCUT2D eigenvalue weighted by atomic mass is 9.99. The summed E-state index contributed by atoms with van der Waals surface area (Å²) in [6.07, 6.45) is -4.76. The van der Waals surface area contributed by atoms with Crippen LogP contribution in [-0.2, 0) is 0 Å². The highest BCUT2D eigenvalue weighted by atomic mass is 19.4. The number of benzene rings is 2. The van der Waals surface area contributed by atoms with E-state index in [2.05, 4.69) is 4.74 Å². The molecule has 0 atom stereocenters. The van der Waals surface area contributed by atoms with Crippen LogP contribution in [-0.4, -0.2) is 6.36 Å². The first kappa shape index (κ1) is 13.7. The largest absolute Gasteiger partial charge is 0.573 e. The van der Waals surface area contributed by atoms with E-state index in [0.29, 0.717) is 22.4 Å². The minimum absolute atomic E-state index is 0.323. The first-order valence-corrected chi connectivity index (χ1v) is 5.55. The van der Waals surface area contributed by atoms with Crippen molar-refractivity contribution >= 4 is 5.69 Å². The first-order chi connectivity index (χ1) is 9.39. The number of ether oxygens (including phenoxy) is 1. The summed E-state index contributed by atoms with van der Waals surface area (Å²) in [6.45, 7) is 0. The van der Waals surface area contributed by atoms with E-state index in [1.165, 1.54) is 30.3 Å². The number of nitrogens with two attached hydrogens (primary N) is 1. The van der Waals surface area contributed by atoms with Crippen molar-refractivity contribution in [1.82, 2.24) is 0 Å². The quantitative estimate of drug-likeness (QED) is 0.852. The summed E-state index contributed by atoms with van der Waals surface area (Å²) in [5, 5.41) is 9.02. The molecule has 0 fully saturated rings. The van der Waals surface area contributed by atoms with Crippen molar-refractivity contribution in [3.05, 3.63) is 48.0 Å². The summed E-state index contributed by atoms with van der Waals surface area (Å²) in [5.74, 6) is -0.346. The molecular formula is C14H9F3N2O. The highest BCUT2D eigenvalue weighted by Gasteiger charge is 2.31. The highest BCUT2D eigenvalue weighted by molar-refractivity contribution is 5.74. The SMILES string of the molecule is N#Cc1ccc(N)cc1-c1cccc(OC(F)(F)F)c1. The number of alkyl halides is 3. The van der Waals surface area contributed by atoms with Gasteiger partial charge in [0.15, 0.2) is 0 Å². The fourth-order valence-corrected chi connectivity index (χ4v) is 1.76. The molecule has 0 aromatic heterocycles. The van der Waals surface area contributed by atoms with E-state index in [1.807, 2.05) is 6.07 Å². The van der Waals surface area contributed by atoms with Gasteiger partial charge in [0.05, 0.1) is 11.6 Å². The average molecular weight is 278 g/mol. The Bertz CT molecular complexity index is 675. The smallest absolute Gasteiger partial charge is 0.406 e. The molecule has 0 bridgehead atoms. The Kier molecular flexibility index (Phi) is 3.53. The lowest BCUT2D eigenvalue weighted by Gasteiger charge is -2.11. The zero-order valence-electron chi connectivity index (χ0n) is 10.1. The van der Waals surface area contributed by atoms with Gasteiger partial charge in [0.2, 0.25) is 0 Å². The second-order valence-corrected chi connectivity index (χ2v) is 3.99. The van der Waals surface area contributed by atoms with Crippen molar-refractivity contribution < 1.29 is 17.9 Å². The standard InChI is InChI=1S/C14H9F3N2O/c15-14(16,17)20-12-3-1-2-9(6-12)13-7-11(19)5-4-10(13)8-18/h1-7H,19H2. The number of anilines is 1. The number of nitrogen functional groups attached to an aromatic ring is 1. The van der Waals surface area contributed by atoms with Crippen molar-refractivity contribution in [3.63, 3.8) is 0 Å². The van der Waals surface area contributed by atoms with E-state index < -0.39 is 6.36 Å². The number of nitriles is 1. The van der Waals surface area contributed by atoms with Crippen LogP contribution in [0.2, 0.25) is 0 Å². The molecule has 3 nitrogen and oxygen atoms in total. The molecular weight excluding hydrogens is 269 g/mol. The van der Waals surface area contributed by atoms with Crippen LogP contribution >= 0.6 is 0 Å². The number of halogens is 3. The number of rotatable bonds is 2. The highest BCUT2D eigenvalue weighted by Crippen LogP contribution is 2.30. The van der Waals surface area contributed by atoms with E-state index in [4.69, 9.17) is 11.0 Å². The minimum Gasteiger partial charge on any atom is -0.406 e. The van der Waals surface area contributed by atoms with Gasteiger partial charge in [-0.2, -0.15) is 5.26 Å². The molecule has 102 valence electrons. The second-order valence-electron chi connectivity index (χ2n) is 3.99. The van der Waals surface area contributed by atoms with Crippen LogP contribution < -0.4 is 10.5 Å². The zero-order chi connectivity index (χ0) is 14.8. The maximum atomic E-state index is 12.2. The third-order valence-electron chi connectivity index (χ3n) is 2.54. The summed E-state index contributed by atoms with van der Waals surface area (Å²) in [6, 6.07) is 12.0.